The van der Waals surface area contributed by atoms with Crippen LogP contribution in [0.25, 0.3) is 0 Å². The van der Waals surface area contributed by atoms with Crippen molar-refractivity contribution < 1.29 is 9.84 Å². The molecule has 1 aliphatic carbocycles. The summed E-state index contributed by atoms with van der Waals surface area (Å²) in [6.07, 6.45) is 2.23. The Hall–Kier alpha value is -0.0900. The molecule has 1 aromatic rings. The molecule has 82 valence electrons. The summed E-state index contributed by atoms with van der Waals surface area (Å²) in [5.74, 6) is 0. The van der Waals surface area contributed by atoms with E-state index in [-0.39, 0.29) is 17.4 Å². The lowest BCUT2D eigenvalue weighted by molar-refractivity contribution is -0.108. The van der Waals surface area contributed by atoms with E-state index in [1.165, 1.54) is 4.88 Å². The van der Waals surface area contributed by atoms with Crippen LogP contribution >= 0.6 is 22.9 Å². The smallest absolute Gasteiger partial charge is 0.0931 e. The topological polar surface area (TPSA) is 29.5 Å². The van der Waals surface area contributed by atoms with Gasteiger partial charge in [0.1, 0.15) is 0 Å². The number of aliphatic hydroxyl groups excluding tert-OH is 1. The van der Waals surface area contributed by atoms with Gasteiger partial charge in [-0.2, -0.15) is 0 Å². The Labute approximate surface area is 97.8 Å². The third-order valence-electron chi connectivity index (χ3n) is 3.91. The molecule has 2 aliphatic rings. The lowest BCUT2D eigenvalue weighted by atomic mass is 9.70. The molecule has 1 aromatic heterocycles. The van der Waals surface area contributed by atoms with Crippen molar-refractivity contribution in [1.29, 1.82) is 0 Å². The summed E-state index contributed by atoms with van der Waals surface area (Å²) in [7, 11) is 0. The molecule has 1 aliphatic heterocycles. The van der Waals surface area contributed by atoms with E-state index in [0.29, 0.717) is 0 Å². The fourth-order valence-corrected chi connectivity index (χ4v) is 3.85. The first kappa shape index (κ1) is 10.1. The fourth-order valence-electron chi connectivity index (χ4n) is 2.53. The van der Waals surface area contributed by atoms with Gasteiger partial charge in [0.05, 0.1) is 23.0 Å². The minimum Gasteiger partial charge on any atom is -0.396 e. The molecule has 0 atom stereocenters. The van der Waals surface area contributed by atoms with Gasteiger partial charge in [0.2, 0.25) is 0 Å². The SMILES string of the molecule is OCC1(C2(c3ccc(Cl)s3)COC2)CC1. The molecule has 2 nitrogen and oxygen atoms in total. The van der Waals surface area contributed by atoms with Crippen molar-refractivity contribution in [2.45, 2.75) is 18.3 Å². The van der Waals surface area contributed by atoms with E-state index in [1.54, 1.807) is 11.3 Å². The molecule has 0 radical (unpaired) electrons. The molecular weight excluding hydrogens is 232 g/mol. The Kier molecular flexibility index (Phi) is 2.15. The Bertz CT molecular complexity index is 380. The van der Waals surface area contributed by atoms with Crippen molar-refractivity contribution in [3.63, 3.8) is 0 Å². The third kappa shape index (κ3) is 1.24. The van der Waals surface area contributed by atoms with Crippen LogP contribution in [-0.4, -0.2) is 24.9 Å². The number of hydrogen-bond donors (Lipinski definition) is 1. The second-order valence-electron chi connectivity index (χ2n) is 4.62. The molecule has 1 saturated heterocycles. The molecule has 1 N–H and O–H groups in total. The number of thiophene rings is 1. The molecule has 0 spiro atoms. The highest BCUT2D eigenvalue weighted by molar-refractivity contribution is 7.16. The van der Waals surface area contributed by atoms with E-state index in [2.05, 4.69) is 6.07 Å². The monoisotopic (exact) mass is 244 g/mol. The van der Waals surface area contributed by atoms with Crippen molar-refractivity contribution in [3.05, 3.63) is 21.3 Å². The molecule has 1 saturated carbocycles. The van der Waals surface area contributed by atoms with Gasteiger partial charge >= 0.3 is 0 Å². The van der Waals surface area contributed by atoms with Crippen molar-refractivity contribution in [2.75, 3.05) is 19.8 Å². The zero-order valence-corrected chi connectivity index (χ0v) is 9.90. The van der Waals surface area contributed by atoms with Gasteiger partial charge in [-0.3, -0.25) is 0 Å². The molecule has 0 bridgehead atoms. The minimum absolute atomic E-state index is 0.0551. The number of ether oxygens (including phenoxy) is 1. The number of aliphatic hydroxyl groups is 1. The van der Waals surface area contributed by atoms with E-state index < -0.39 is 0 Å². The molecule has 3 rings (SSSR count). The van der Waals surface area contributed by atoms with Crippen LogP contribution in [-0.2, 0) is 10.2 Å². The maximum absolute atomic E-state index is 9.54. The Balaban J connectivity index is 1.99. The highest BCUT2D eigenvalue weighted by Crippen LogP contribution is 2.63. The van der Waals surface area contributed by atoms with Gasteiger partial charge in [-0.05, 0) is 25.0 Å². The van der Waals surface area contributed by atoms with Gasteiger partial charge in [-0.25, -0.2) is 0 Å². The summed E-state index contributed by atoms with van der Waals surface area (Å²) >= 11 is 7.60. The first-order valence-corrected chi connectivity index (χ1v) is 6.36. The summed E-state index contributed by atoms with van der Waals surface area (Å²) in [5, 5.41) is 9.54. The molecule has 15 heavy (non-hydrogen) atoms. The number of halogens is 1. The van der Waals surface area contributed by atoms with Crippen LogP contribution in [0.4, 0.5) is 0 Å². The molecule has 4 heteroatoms. The number of rotatable bonds is 3. The predicted octanol–water partition coefficient (Wildman–Crippen LogP) is 2.44. The summed E-state index contributed by atoms with van der Waals surface area (Å²) < 4.78 is 6.21. The highest BCUT2D eigenvalue weighted by Gasteiger charge is 2.63. The first-order valence-electron chi connectivity index (χ1n) is 5.17. The van der Waals surface area contributed by atoms with Crippen LogP contribution in [0.5, 0.6) is 0 Å². The van der Waals surface area contributed by atoms with Crippen LogP contribution < -0.4 is 0 Å². The van der Waals surface area contributed by atoms with Crippen LogP contribution in [0.3, 0.4) is 0 Å². The number of hydrogen-bond acceptors (Lipinski definition) is 3. The summed E-state index contributed by atoms with van der Waals surface area (Å²) in [5.41, 5.74) is 0.138. The normalized spacial score (nSPS) is 26.0. The Morgan fingerprint density at radius 1 is 1.40 bits per heavy atom. The second kappa shape index (κ2) is 3.20. The van der Waals surface area contributed by atoms with Crippen LogP contribution in [0.1, 0.15) is 17.7 Å². The van der Waals surface area contributed by atoms with Gasteiger partial charge in [-0.1, -0.05) is 11.6 Å². The maximum Gasteiger partial charge on any atom is 0.0931 e. The summed E-state index contributed by atoms with van der Waals surface area (Å²) in [6, 6.07) is 4.03. The van der Waals surface area contributed by atoms with Crippen molar-refractivity contribution in [2.24, 2.45) is 5.41 Å². The molecule has 2 heterocycles. The molecular formula is C11H13ClO2S. The van der Waals surface area contributed by atoms with E-state index in [0.717, 1.165) is 30.4 Å². The average molecular weight is 245 g/mol. The Morgan fingerprint density at radius 2 is 2.13 bits per heavy atom. The third-order valence-corrected chi connectivity index (χ3v) is 5.35. The van der Waals surface area contributed by atoms with Gasteiger partial charge in [0, 0.05) is 16.9 Å². The maximum atomic E-state index is 9.54. The van der Waals surface area contributed by atoms with Gasteiger partial charge in [-0.15, -0.1) is 11.3 Å². The van der Waals surface area contributed by atoms with E-state index in [4.69, 9.17) is 16.3 Å². The molecule has 0 amide bonds. The van der Waals surface area contributed by atoms with Crippen LogP contribution in [0.15, 0.2) is 12.1 Å². The fraction of sp³-hybridized carbons (Fsp3) is 0.636. The lowest BCUT2D eigenvalue weighted by Gasteiger charge is -2.47. The molecule has 2 fully saturated rings. The summed E-state index contributed by atoms with van der Waals surface area (Å²) in [4.78, 5) is 1.28. The lowest BCUT2D eigenvalue weighted by Crippen LogP contribution is -2.54. The van der Waals surface area contributed by atoms with Gasteiger partial charge < -0.3 is 9.84 Å². The van der Waals surface area contributed by atoms with Gasteiger partial charge in [0.15, 0.2) is 0 Å². The largest absolute Gasteiger partial charge is 0.396 e. The van der Waals surface area contributed by atoms with E-state index in [1.807, 2.05) is 6.07 Å². The van der Waals surface area contributed by atoms with Crippen molar-refractivity contribution >= 4 is 22.9 Å². The zero-order chi connectivity index (χ0) is 10.5. The zero-order valence-electron chi connectivity index (χ0n) is 8.33. The Morgan fingerprint density at radius 3 is 2.47 bits per heavy atom. The van der Waals surface area contributed by atoms with Gasteiger partial charge in [0.25, 0.3) is 0 Å². The quantitative estimate of drug-likeness (QED) is 0.885. The standard InChI is InChI=1S/C11H13ClO2S/c12-9-2-1-8(15-9)11(6-14-7-11)10(5-13)3-4-10/h1-2,13H,3-7H2. The first-order chi connectivity index (χ1) is 7.22. The predicted molar refractivity (Wildman–Crippen MR) is 60.6 cm³/mol. The van der Waals surface area contributed by atoms with E-state index >= 15 is 0 Å². The highest BCUT2D eigenvalue weighted by atomic mass is 35.5. The van der Waals surface area contributed by atoms with Crippen LogP contribution in [0.2, 0.25) is 4.34 Å². The average Bonchev–Trinajstić information content (AvgIpc) is 2.83. The second-order valence-corrected chi connectivity index (χ2v) is 6.33. The molecule has 0 unspecified atom stereocenters. The molecule has 0 aromatic carbocycles. The minimum atomic E-state index is 0.0551. The summed E-state index contributed by atoms with van der Waals surface area (Å²) in [6.45, 7) is 1.75. The van der Waals surface area contributed by atoms with Crippen LogP contribution in [0, 0.1) is 5.41 Å². The van der Waals surface area contributed by atoms with E-state index in [9.17, 15) is 5.11 Å². The van der Waals surface area contributed by atoms with Crippen molar-refractivity contribution in [1.82, 2.24) is 0 Å². The van der Waals surface area contributed by atoms with Crippen molar-refractivity contribution in [3.8, 4) is 0 Å².